The van der Waals surface area contributed by atoms with Gasteiger partial charge in [-0.05, 0) is 6.42 Å². The van der Waals surface area contributed by atoms with Gasteiger partial charge in [0.1, 0.15) is 5.82 Å². The van der Waals surface area contributed by atoms with Crippen molar-refractivity contribution in [2.24, 2.45) is 0 Å². The maximum atomic E-state index is 5.58. The molecule has 0 amide bonds. The lowest BCUT2D eigenvalue weighted by Crippen LogP contribution is -2.02. The third kappa shape index (κ3) is 2.22. The number of halogens is 1. The van der Waals surface area contributed by atoms with Gasteiger partial charge in [-0.3, -0.25) is 0 Å². The quantitative estimate of drug-likeness (QED) is 0.636. The van der Waals surface area contributed by atoms with Gasteiger partial charge in [-0.15, -0.1) is 11.6 Å². The summed E-state index contributed by atoms with van der Waals surface area (Å²) in [5.74, 6) is 1.87. The summed E-state index contributed by atoms with van der Waals surface area (Å²) in [6.45, 7) is 3.10. The molecule has 2 nitrogen and oxygen atoms in total. The molecule has 0 aliphatic carbocycles. The molecule has 0 bridgehead atoms. The lowest BCUT2D eigenvalue weighted by molar-refractivity contribution is 0.645. The van der Waals surface area contributed by atoms with Gasteiger partial charge in [-0.2, -0.15) is 0 Å². The Morgan fingerprint density at radius 2 is 2.45 bits per heavy atom. The second-order valence-electron chi connectivity index (χ2n) is 2.43. The van der Waals surface area contributed by atoms with Crippen molar-refractivity contribution in [1.82, 2.24) is 9.55 Å². The fourth-order valence-corrected chi connectivity index (χ4v) is 1.21. The molecule has 0 aliphatic rings. The Hall–Kier alpha value is -0.500. The number of alkyl halides is 1. The normalized spacial score (nSPS) is 10.4. The number of aromatic nitrogens is 2. The average molecular weight is 173 g/mol. The van der Waals surface area contributed by atoms with Crippen LogP contribution in [0.25, 0.3) is 0 Å². The molecular weight excluding hydrogens is 160 g/mol. The molecule has 0 saturated carbocycles. The Balaban J connectivity index is 2.54. The van der Waals surface area contributed by atoms with Gasteiger partial charge < -0.3 is 4.57 Å². The Morgan fingerprint density at radius 3 is 3.09 bits per heavy atom. The van der Waals surface area contributed by atoms with Crippen molar-refractivity contribution in [2.75, 3.05) is 5.88 Å². The summed E-state index contributed by atoms with van der Waals surface area (Å²) in [5.41, 5.74) is 0. The van der Waals surface area contributed by atoms with Gasteiger partial charge >= 0.3 is 0 Å². The number of aryl methyl sites for hydroxylation is 2. The fraction of sp³-hybridized carbons (Fsp3) is 0.625. The first-order valence-corrected chi connectivity index (χ1v) is 4.48. The van der Waals surface area contributed by atoms with Crippen molar-refractivity contribution < 1.29 is 0 Å². The van der Waals surface area contributed by atoms with Crippen LogP contribution in [-0.2, 0) is 13.0 Å². The van der Waals surface area contributed by atoms with Crippen LogP contribution in [0.3, 0.4) is 0 Å². The molecule has 3 heteroatoms. The van der Waals surface area contributed by atoms with Crippen molar-refractivity contribution in [3.63, 3.8) is 0 Å². The zero-order chi connectivity index (χ0) is 8.10. The fourth-order valence-electron chi connectivity index (χ4n) is 1.09. The number of rotatable bonds is 4. The van der Waals surface area contributed by atoms with Crippen LogP contribution in [0, 0.1) is 0 Å². The molecule has 0 radical (unpaired) electrons. The van der Waals surface area contributed by atoms with Crippen LogP contribution in [0.1, 0.15) is 19.2 Å². The SMILES string of the molecule is CCc1nccn1CCCCl. The van der Waals surface area contributed by atoms with Gasteiger partial charge in [0, 0.05) is 31.2 Å². The minimum atomic E-state index is 0.724. The van der Waals surface area contributed by atoms with E-state index in [2.05, 4.69) is 16.5 Å². The highest BCUT2D eigenvalue weighted by Gasteiger charge is 1.97. The number of nitrogens with zero attached hydrogens (tertiary/aromatic N) is 2. The smallest absolute Gasteiger partial charge is 0.108 e. The summed E-state index contributed by atoms with van der Waals surface area (Å²) < 4.78 is 2.16. The number of hydrogen-bond acceptors (Lipinski definition) is 1. The summed E-state index contributed by atoms with van der Waals surface area (Å²) >= 11 is 5.58. The molecule has 11 heavy (non-hydrogen) atoms. The van der Waals surface area contributed by atoms with Crippen LogP contribution in [0.4, 0.5) is 0 Å². The summed E-state index contributed by atoms with van der Waals surface area (Å²) in [7, 11) is 0. The first-order valence-electron chi connectivity index (χ1n) is 3.94. The highest BCUT2D eigenvalue weighted by Crippen LogP contribution is 2.00. The van der Waals surface area contributed by atoms with Crippen LogP contribution in [0.15, 0.2) is 12.4 Å². The van der Waals surface area contributed by atoms with Gasteiger partial charge in [-0.25, -0.2) is 4.98 Å². The molecule has 0 aliphatic heterocycles. The van der Waals surface area contributed by atoms with E-state index in [-0.39, 0.29) is 0 Å². The van der Waals surface area contributed by atoms with Crippen molar-refractivity contribution in [2.45, 2.75) is 26.3 Å². The molecular formula is C8H13ClN2. The lowest BCUT2D eigenvalue weighted by Gasteiger charge is -2.03. The second kappa shape index (κ2) is 4.39. The van der Waals surface area contributed by atoms with E-state index in [1.807, 2.05) is 12.4 Å². The van der Waals surface area contributed by atoms with Crippen molar-refractivity contribution >= 4 is 11.6 Å². The summed E-state index contributed by atoms with van der Waals surface area (Å²) in [6.07, 6.45) is 5.86. The van der Waals surface area contributed by atoms with Crippen molar-refractivity contribution in [3.05, 3.63) is 18.2 Å². The number of hydrogen-bond donors (Lipinski definition) is 0. The van der Waals surface area contributed by atoms with Crippen LogP contribution in [0.5, 0.6) is 0 Å². The minimum absolute atomic E-state index is 0.724. The Morgan fingerprint density at radius 1 is 1.64 bits per heavy atom. The molecule has 1 rings (SSSR count). The molecule has 1 aromatic rings. The molecule has 0 saturated heterocycles. The summed E-state index contributed by atoms with van der Waals surface area (Å²) in [4.78, 5) is 4.21. The van der Waals surface area contributed by atoms with Crippen LogP contribution in [-0.4, -0.2) is 15.4 Å². The molecule has 0 aromatic carbocycles. The second-order valence-corrected chi connectivity index (χ2v) is 2.81. The minimum Gasteiger partial charge on any atom is -0.335 e. The standard InChI is InChI=1S/C8H13ClN2/c1-2-8-10-5-7-11(8)6-3-4-9/h5,7H,2-4,6H2,1H3. The van der Waals surface area contributed by atoms with E-state index in [1.165, 1.54) is 0 Å². The molecule has 0 unspecified atom stereocenters. The van der Waals surface area contributed by atoms with E-state index in [0.717, 1.165) is 31.1 Å². The predicted molar refractivity (Wildman–Crippen MR) is 46.9 cm³/mol. The molecule has 1 heterocycles. The van der Waals surface area contributed by atoms with Crippen molar-refractivity contribution in [3.8, 4) is 0 Å². The number of imidazole rings is 1. The van der Waals surface area contributed by atoms with Gasteiger partial charge in [-0.1, -0.05) is 6.92 Å². The zero-order valence-electron chi connectivity index (χ0n) is 6.76. The van der Waals surface area contributed by atoms with E-state index >= 15 is 0 Å². The highest BCUT2D eigenvalue weighted by atomic mass is 35.5. The molecule has 0 atom stereocenters. The van der Waals surface area contributed by atoms with Crippen molar-refractivity contribution in [1.29, 1.82) is 0 Å². The topological polar surface area (TPSA) is 17.8 Å². The Labute approximate surface area is 72.2 Å². The summed E-state index contributed by atoms with van der Waals surface area (Å²) in [6, 6.07) is 0. The lowest BCUT2D eigenvalue weighted by atomic mass is 10.4. The average Bonchev–Trinajstić information content (AvgIpc) is 2.47. The monoisotopic (exact) mass is 172 g/mol. The summed E-state index contributed by atoms with van der Waals surface area (Å²) in [5, 5.41) is 0. The molecule has 0 spiro atoms. The van der Waals surface area contributed by atoms with E-state index in [4.69, 9.17) is 11.6 Å². The maximum Gasteiger partial charge on any atom is 0.108 e. The van der Waals surface area contributed by atoms with Crippen LogP contribution < -0.4 is 0 Å². The van der Waals surface area contributed by atoms with E-state index in [1.54, 1.807) is 0 Å². The zero-order valence-corrected chi connectivity index (χ0v) is 7.51. The Kier molecular flexibility index (Phi) is 3.43. The van der Waals surface area contributed by atoms with E-state index in [0.29, 0.717) is 0 Å². The molecule has 0 fully saturated rings. The third-order valence-corrected chi connectivity index (χ3v) is 1.92. The molecule has 62 valence electrons. The van der Waals surface area contributed by atoms with Crippen LogP contribution in [0.2, 0.25) is 0 Å². The van der Waals surface area contributed by atoms with Crippen LogP contribution >= 0.6 is 11.6 Å². The largest absolute Gasteiger partial charge is 0.335 e. The molecule has 1 aromatic heterocycles. The third-order valence-electron chi connectivity index (χ3n) is 1.65. The molecule has 0 N–H and O–H groups in total. The van der Waals surface area contributed by atoms with Gasteiger partial charge in [0.05, 0.1) is 0 Å². The maximum absolute atomic E-state index is 5.58. The highest BCUT2D eigenvalue weighted by molar-refractivity contribution is 6.17. The predicted octanol–water partition coefficient (Wildman–Crippen LogP) is 2.07. The van der Waals surface area contributed by atoms with Gasteiger partial charge in [0.2, 0.25) is 0 Å². The van der Waals surface area contributed by atoms with Gasteiger partial charge in [0.15, 0.2) is 0 Å². The Bertz CT molecular complexity index is 208. The van der Waals surface area contributed by atoms with E-state index < -0.39 is 0 Å². The first-order chi connectivity index (χ1) is 5.38. The first kappa shape index (κ1) is 8.60. The van der Waals surface area contributed by atoms with Gasteiger partial charge in [0.25, 0.3) is 0 Å². The van der Waals surface area contributed by atoms with E-state index in [9.17, 15) is 0 Å².